The van der Waals surface area contributed by atoms with Gasteiger partial charge in [0.15, 0.2) is 10.9 Å². The molecule has 0 aliphatic heterocycles. The molecule has 2 amide bonds. The minimum absolute atomic E-state index is 0.118. The molecule has 2 N–H and O–H groups in total. The van der Waals surface area contributed by atoms with Crippen LogP contribution >= 0.6 is 11.3 Å². The van der Waals surface area contributed by atoms with Crippen molar-refractivity contribution in [2.45, 2.75) is 58.4 Å². The van der Waals surface area contributed by atoms with Crippen LogP contribution in [0.25, 0.3) is 17.3 Å². The number of benzene rings is 1. The first kappa shape index (κ1) is 25.6. The molecule has 1 aromatic carbocycles. The number of hydrogen-bond donors (Lipinski definition) is 2. The second kappa shape index (κ2) is 11.0. The van der Waals surface area contributed by atoms with E-state index >= 15 is 0 Å². The Morgan fingerprint density at radius 2 is 2.03 bits per heavy atom. The smallest absolute Gasteiger partial charge is 0.253 e. The number of ketones is 1. The van der Waals surface area contributed by atoms with Crippen molar-refractivity contribution >= 4 is 40.1 Å². The van der Waals surface area contributed by atoms with Crippen molar-refractivity contribution in [2.75, 3.05) is 11.9 Å². The minimum atomic E-state index is -0.350. The van der Waals surface area contributed by atoms with E-state index in [9.17, 15) is 14.4 Å². The molecule has 7 nitrogen and oxygen atoms in total. The lowest BCUT2D eigenvalue weighted by atomic mass is 9.96. The average molecular weight is 505 g/mol. The number of rotatable bonds is 11. The van der Waals surface area contributed by atoms with Crippen molar-refractivity contribution in [1.29, 1.82) is 0 Å². The molecule has 0 atom stereocenters. The molecule has 2 aromatic heterocycles. The molecule has 1 fully saturated rings. The molecule has 0 spiro atoms. The third-order valence-electron chi connectivity index (χ3n) is 6.47. The summed E-state index contributed by atoms with van der Waals surface area (Å²) in [7, 11) is 0. The number of hydrogen-bond acceptors (Lipinski definition) is 5. The van der Waals surface area contributed by atoms with Gasteiger partial charge in [-0.1, -0.05) is 37.6 Å². The summed E-state index contributed by atoms with van der Waals surface area (Å²) in [6, 6.07) is 7.51. The van der Waals surface area contributed by atoms with Crippen LogP contribution in [-0.4, -0.2) is 33.7 Å². The summed E-state index contributed by atoms with van der Waals surface area (Å²) < 4.78 is 2.06. The van der Waals surface area contributed by atoms with Crippen molar-refractivity contribution in [3.05, 3.63) is 64.8 Å². The van der Waals surface area contributed by atoms with Crippen molar-refractivity contribution < 1.29 is 14.4 Å². The van der Waals surface area contributed by atoms with Crippen LogP contribution in [-0.2, 0) is 10.3 Å². The van der Waals surface area contributed by atoms with E-state index in [1.807, 2.05) is 55.0 Å². The number of nitrogens with one attached hydrogen (secondary N) is 2. The quantitative estimate of drug-likeness (QED) is 0.318. The summed E-state index contributed by atoms with van der Waals surface area (Å²) in [5.74, 6) is -0.515. The molecule has 1 aliphatic rings. The van der Waals surface area contributed by atoms with E-state index in [1.165, 1.54) is 11.3 Å². The van der Waals surface area contributed by atoms with Gasteiger partial charge in [-0.3, -0.25) is 14.4 Å². The second-order valence-corrected chi connectivity index (χ2v) is 10.3. The van der Waals surface area contributed by atoms with Crippen LogP contribution < -0.4 is 10.6 Å². The Bertz CT molecular complexity index is 1300. The highest BCUT2D eigenvalue weighted by Crippen LogP contribution is 2.42. The summed E-state index contributed by atoms with van der Waals surface area (Å²) in [5, 5.41) is 7.70. The Hall–Kier alpha value is -3.52. The summed E-state index contributed by atoms with van der Waals surface area (Å²) in [6.07, 6.45) is 12.1. The molecule has 188 valence electrons. The number of anilines is 1. The Morgan fingerprint density at radius 3 is 2.75 bits per heavy atom. The van der Waals surface area contributed by atoms with E-state index in [0.29, 0.717) is 28.4 Å². The number of thiazole rings is 1. The van der Waals surface area contributed by atoms with Gasteiger partial charge >= 0.3 is 0 Å². The lowest BCUT2D eigenvalue weighted by Gasteiger charge is -2.09. The standard InChI is InChI=1S/C28H32N4O3S/c1-4-6-8-24(33)22-15-20(10-9-19(22)7-5-2)23-18-36-27(30-23)31-25(34)16-29-26(35)21-11-14-32(17-21)28(3)12-13-28/h5,7,9-11,14-15,17-18H,4,6,8,12-13,16H2,1-3H3,(H,29,35)(H,30,31,34)/b7-5-. The van der Waals surface area contributed by atoms with Gasteiger partial charge in [0.1, 0.15) is 0 Å². The van der Waals surface area contributed by atoms with Crippen molar-refractivity contribution in [1.82, 2.24) is 14.9 Å². The first-order valence-corrected chi connectivity index (χ1v) is 13.2. The van der Waals surface area contributed by atoms with Crippen LogP contribution in [0.4, 0.5) is 5.13 Å². The van der Waals surface area contributed by atoms with Gasteiger partial charge in [0, 0.05) is 40.9 Å². The summed E-state index contributed by atoms with van der Waals surface area (Å²) >= 11 is 1.30. The lowest BCUT2D eigenvalue weighted by Crippen LogP contribution is -2.32. The summed E-state index contributed by atoms with van der Waals surface area (Å²) in [6.45, 7) is 6.01. The van der Waals surface area contributed by atoms with Gasteiger partial charge in [0.05, 0.1) is 17.8 Å². The third kappa shape index (κ3) is 5.99. The molecule has 0 radical (unpaired) electrons. The summed E-state index contributed by atoms with van der Waals surface area (Å²) in [4.78, 5) is 42.1. The highest BCUT2D eigenvalue weighted by Gasteiger charge is 2.38. The van der Waals surface area contributed by atoms with E-state index in [2.05, 4.69) is 34.0 Å². The Labute approximate surface area is 215 Å². The predicted molar refractivity (Wildman–Crippen MR) is 144 cm³/mol. The predicted octanol–water partition coefficient (Wildman–Crippen LogP) is 5.90. The fourth-order valence-corrected chi connectivity index (χ4v) is 4.69. The third-order valence-corrected chi connectivity index (χ3v) is 7.22. The normalized spacial score (nSPS) is 14.1. The number of Topliss-reactive ketones (excluding diaryl/α,β-unsaturated/α-hetero) is 1. The van der Waals surface area contributed by atoms with Crippen LogP contribution in [0.1, 0.15) is 79.2 Å². The van der Waals surface area contributed by atoms with Gasteiger partial charge < -0.3 is 15.2 Å². The number of carbonyl (C=O) groups excluding carboxylic acids is 3. The van der Waals surface area contributed by atoms with Crippen LogP contribution in [0, 0.1) is 0 Å². The first-order chi connectivity index (χ1) is 17.3. The topological polar surface area (TPSA) is 93.1 Å². The molecular formula is C28H32N4O3S. The Kier molecular flexibility index (Phi) is 7.84. The fraction of sp³-hybridized carbons (Fsp3) is 0.357. The minimum Gasteiger partial charge on any atom is -0.348 e. The Morgan fingerprint density at radius 1 is 1.22 bits per heavy atom. The molecule has 36 heavy (non-hydrogen) atoms. The number of carbonyl (C=O) groups is 3. The molecule has 1 saturated carbocycles. The molecule has 0 bridgehead atoms. The van der Waals surface area contributed by atoms with Crippen LogP contribution in [0.2, 0.25) is 0 Å². The zero-order chi connectivity index (χ0) is 25.7. The molecule has 4 rings (SSSR count). The number of unbranched alkanes of at least 4 members (excludes halogenated alkanes) is 1. The van der Waals surface area contributed by atoms with Crippen LogP contribution in [0.15, 0.2) is 48.1 Å². The van der Waals surface area contributed by atoms with Gasteiger partial charge in [0.25, 0.3) is 5.91 Å². The highest BCUT2D eigenvalue weighted by molar-refractivity contribution is 7.14. The number of amides is 2. The van der Waals surface area contributed by atoms with Crippen molar-refractivity contribution in [3.63, 3.8) is 0 Å². The molecular weight excluding hydrogens is 472 g/mol. The molecule has 1 aliphatic carbocycles. The molecule has 2 heterocycles. The molecule has 0 saturated heterocycles. The number of nitrogens with zero attached hydrogens (tertiary/aromatic N) is 2. The van der Waals surface area contributed by atoms with E-state index < -0.39 is 0 Å². The number of allylic oxidation sites excluding steroid dienone is 1. The van der Waals surface area contributed by atoms with Crippen molar-refractivity contribution in [3.8, 4) is 11.3 Å². The monoisotopic (exact) mass is 504 g/mol. The maximum absolute atomic E-state index is 12.8. The second-order valence-electron chi connectivity index (χ2n) is 9.40. The van der Waals surface area contributed by atoms with Crippen LogP contribution in [0.5, 0.6) is 0 Å². The zero-order valence-corrected chi connectivity index (χ0v) is 21.8. The largest absolute Gasteiger partial charge is 0.348 e. The molecule has 8 heteroatoms. The molecule has 3 aromatic rings. The maximum Gasteiger partial charge on any atom is 0.253 e. The zero-order valence-electron chi connectivity index (χ0n) is 21.0. The van der Waals surface area contributed by atoms with E-state index in [4.69, 9.17) is 0 Å². The van der Waals surface area contributed by atoms with Gasteiger partial charge in [-0.2, -0.15) is 0 Å². The SMILES string of the molecule is C/C=C\c1ccc(-c2csc(NC(=O)CNC(=O)c3ccn(C4(C)CC4)c3)n2)cc1C(=O)CCCC. The van der Waals surface area contributed by atoms with E-state index in [-0.39, 0.29) is 29.7 Å². The first-order valence-electron chi connectivity index (χ1n) is 12.4. The van der Waals surface area contributed by atoms with Gasteiger partial charge in [0.2, 0.25) is 5.91 Å². The Balaban J connectivity index is 1.37. The van der Waals surface area contributed by atoms with Gasteiger partial charge in [-0.25, -0.2) is 4.98 Å². The fourth-order valence-electron chi connectivity index (χ4n) is 3.95. The molecule has 0 unspecified atom stereocenters. The number of aromatic nitrogens is 2. The van der Waals surface area contributed by atoms with Crippen molar-refractivity contribution in [2.24, 2.45) is 0 Å². The summed E-state index contributed by atoms with van der Waals surface area (Å²) in [5.41, 5.74) is 3.74. The lowest BCUT2D eigenvalue weighted by molar-refractivity contribution is -0.115. The van der Waals surface area contributed by atoms with Crippen LogP contribution in [0.3, 0.4) is 0 Å². The van der Waals surface area contributed by atoms with E-state index in [0.717, 1.165) is 36.8 Å². The maximum atomic E-state index is 12.8. The van der Waals surface area contributed by atoms with E-state index in [1.54, 1.807) is 6.07 Å². The average Bonchev–Trinajstić information content (AvgIpc) is 3.26. The highest BCUT2D eigenvalue weighted by atomic mass is 32.1. The van der Waals surface area contributed by atoms with Gasteiger partial charge in [-0.15, -0.1) is 11.3 Å². The van der Waals surface area contributed by atoms with Gasteiger partial charge in [-0.05, 0) is 50.8 Å².